The van der Waals surface area contributed by atoms with Crippen molar-refractivity contribution in [2.45, 2.75) is 43.9 Å². The lowest BCUT2D eigenvalue weighted by atomic mass is 9.67. The van der Waals surface area contributed by atoms with Crippen molar-refractivity contribution in [1.82, 2.24) is 0 Å². The van der Waals surface area contributed by atoms with Gasteiger partial charge in [-0.3, -0.25) is 0 Å². The van der Waals surface area contributed by atoms with Gasteiger partial charge in [0.1, 0.15) is 11.2 Å². The molecule has 1 heterocycles. The number of anilines is 6. The van der Waals surface area contributed by atoms with Crippen molar-refractivity contribution in [3.8, 4) is 33.4 Å². The molecule has 12 aromatic rings. The summed E-state index contributed by atoms with van der Waals surface area (Å²) in [5.41, 5.74) is 25.2. The van der Waals surface area contributed by atoms with Gasteiger partial charge in [0.25, 0.3) is 0 Å². The van der Waals surface area contributed by atoms with E-state index < -0.39 is 5.41 Å². The largest absolute Gasteiger partial charge is 0.456 e. The van der Waals surface area contributed by atoms with Gasteiger partial charge in [0, 0.05) is 49.9 Å². The molecule has 3 aliphatic carbocycles. The van der Waals surface area contributed by atoms with Gasteiger partial charge < -0.3 is 14.2 Å². The van der Waals surface area contributed by atoms with E-state index in [0.717, 1.165) is 56.1 Å². The Morgan fingerprint density at radius 2 is 0.763 bits per heavy atom. The Morgan fingerprint density at radius 1 is 0.289 bits per heavy atom. The predicted octanol–water partition coefficient (Wildman–Crippen LogP) is 19.5. The van der Waals surface area contributed by atoms with Crippen molar-refractivity contribution in [2.75, 3.05) is 9.80 Å². The Bertz CT molecular complexity index is 4280. The van der Waals surface area contributed by atoms with Gasteiger partial charge in [0.2, 0.25) is 0 Å². The van der Waals surface area contributed by atoms with Gasteiger partial charge in [-0.25, -0.2) is 0 Å². The van der Waals surface area contributed by atoms with Crippen LogP contribution in [0.1, 0.15) is 72.2 Å². The molecule has 1 aromatic heterocycles. The first-order valence-electron chi connectivity index (χ1n) is 26.7. The first-order chi connectivity index (χ1) is 37.2. The number of fused-ring (bicyclic) bond motifs is 12. The summed E-state index contributed by atoms with van der Waals surface area (Å²) in [6.07, 6.45) is 0. The first-order valence-corrected chi connectivity index (χ1v) is 26.7. The topological polar surface area (TPSA) is 19.6 Å². The van der Waals surface area contributed by atoms with Gasteiger partial charge in [-0.15, -0.1) is 0 Å². The molecule has 0 amide bonds. The second-order valence-corrected chi connectivity index (χ2v) is 22.0. The van der Waals surface area contributed by atoms with Gasteiger partial charge in [0.15, 0.2) is 0 Å². The number of rotatable bonds is 8. The summed E-state index contributed by atoms with van der Waals surface area (Å²) in [7, 11) is 0. The van der Waals surface area contributed by atoms with Crippen LogP contribution >= 0.6 is 0 Å². The Balaban J connectivity index is 1.01. The van der Waals surface area contributed by atoms with E-state index in [-0.39, 0.29) is 10.8 Å². The molecule has 0 saturated heterocycles. The Morgan fingerprint density at radius 3 is 1.50 bits per heavy atom. The number of para-hydroxylation sites is 2. The Hall–Kier alpha value is -9.18. The van der Waals surface area contributed by atoms with Crippen molar-refractivity contribution in [3.05, 3.63) is 299 Å². The minimum absolute atomic E-state index is 0.190. The summed E-state index contributed by atoms with van der Waals surface area (Å²) < 4.78 is 6.46. The van der Waals surface area contributed by atoms with Gasteiger partial charge in [-0.1, -0.05) is 216 Å². The van der Waals surface area contributed by atoms with E-state index in [9.17, 15) is 0 Å². The molecular formula is C73H54N2O. The molecule has 0 aliphatic heterocycles. The third-order valence-corrected chi connectivity index (χ3v) is 17.3. The molecule has 11 aromatic carbocycles. The molecule has 0 unspecified atom stereocenters. The van der Waals surface area contributed by atoms with Crippen LogP contribution < -0.4 is 9.80 Å². The second-order valence-electron chi connectivity index (χ2n) is 22.0. The van der Waals surface area contributed by atoms with Crippen LogP contribution in [-0.4, -0.2) is 0 Å². The SMILES string of the molecule is CC1(C)c2ccccc2-c2ccc(N(c3cccc(N(c4ccccc4C4(c5ccccc5)c5ccccc5-c5ccccc54)c4cccc5c4-c4ccccc4C5(C)C)c3)c3ccc4oc5ccccc5c4c3)cc21. The van der Waals surface area contributed by atoms with Crippen LogP contribution in [0.3, 0.4) is 0 Å². The monoisotopic (exact) mass is 974 g/mol. The smallest absolute Gasteiger partial charge is 0.135 e. The maximum Gasteiger partial charge on any atom is 0.135 e. The van der Waals surface area contributed by atoms with Gasteiger partial charge in [-0.05, 0) is 139 Å². The van der Waals surface area contributed by atoms with Crippen molar-refractivity contribution in [1.29, 1.82) is 0 Å². The highest BCUT2D eigenvalue weighted by Gasteiger charge is 2.48. The lowest BCUT2D eigenvalue weighted by Gasteiger charge is -2.39. The first kappa shape index (κ1) is 44.3. The fourth-order valence-electron chi connectivity index (χ4n) is 13.9. The van der Waals surface area contributed by atoms with Gasteiger partial charge >= 0.3 is 0 Å². The highest BCUT2D eigenvalue weighted by molar-refractivity contribution is 6.07. The molecule has 0 fully saturated rings. The Kier molecular flexibility index (Phi) is 9.57. The van der Waals surface area contributed by atoms with Crippen molar-refractivity contribution < 1.29 is 4.42 Å². The predicted molar refractivity (Wildman–Crippen MR) is 316 cm³/mol. The summed E-state index contributed by atoms with van der Waals surface area (Å²) >= 11 is 0. The van der Waals surface area contributed by atoms with Crippen LogP contribution in [0.25, 0.3) is 55.3 Å². The number of hydrogen-bond donors (Lipinski definition) is 0. The average molecular weight is 975 g/mol. The van der Waals surface area contributed by atoms with E-state index in [4.69, 9.17) is 4.42 Å². The fraction of sp³-hybridized carbons (Fsp3) is 0.0959. The highest BCUT2D eigenvalue weighted by Crippen LogP contribution is 2.61. The Labute approximate surface area is 444 Å². The van der Waals surface area contributed by atoms with Crippen molar-refractivity contribution in [2.24, 2.45) is 0 Å². The third-order valence-electron chi connectivity index (χ3n) is 17.3. The molecule has 0 saturated carbocycles. The molecule has 76 heavy (non-hydrogen) atoms. The molecule has 0 bridgehead atoms. The number of nitrogens with zero attached hydrogens (tertiary/aromatic N) is 2. The summed E-state index contributed by atoms with van der Waals surface area (Å²) in [5, 5.41) is 2.19. The van der Waals surface area contributed by atoms with Crippen LogP contribution in [0.2, 0.25) is 0 Å². The minimum Gasteiger partial charge on any atom is -0.456 e. The van der Waals surface area contributed by atoms with E-state index in [1.54, 1.807) is 0 Å². The molecule has 0 spiro atoms. The van der Waals surface area contributed by atoms with Gasteiger partial charge in [-0.2, -0.15) is 0 Å². The lowest BCUT2D eigenvalue weighted by molar-refractivity contribution is 0.660. The van der Waals surface area contributed by atoms with Crippen LogP contribution in [0.15, 0.2) is 259 Å². The maximum absolute atomic E-state index is 6.46. The zero-order valence-electron chi connectivity index (χ0n) is 43.1. The molecule has 15 rings (SSSR count). The molecule has 362 valence electrons. The van der Waals surface area contributed by atoms with E-state index in [2.05, 4.69) is 286 Å². The molecule has 3 nitrogen and oxygen atoms in total. The van der Waals surface area contributed by atoms with E-state index in [1.807, 2.05) is 6.07 Å². The zero-order valence-corrected chi connectivity index (χ0v) is 43.1. The van der Waals surface area contributed by atoms with Gasteiger partial charge in [0.05, 0.1) is 16.8 Å². The molecule has 3 heteroatoms. The summed E-state index contributed by atoms with van der Waals surface area (Å²) in [6.45, 7) is 9.50. The summed E-state index contributed by atoms with van der Waals surface area (Å²) in [5.74, 6) is 0. The number of hydrogen-bond acceptors (Lipinski definition) is 3. The molecular weight excluding hydrogens is 921 g/mol. The molecule has 0 radical (unpaired) electrons. The maximum atomic E-state index is 6.46. The van der Waals surface area contributed by atoms with Crippen LogP contribution in [-0.2, 0) is 16.2 Å². The van der Waals surface area contributed by atoms with Crippen LogP contribution in [0, 0.1) is 0 Å². The highest BCUT2D eigenvalue weighted by atomic mass is 16.3. The van der Waals surface area contributed by atoms with E-state index >= 15 is 0 Å². The average Bonchev–Trinajstić information content (AvgIpc) is 4.15. The second kappa shape index (κ2) is 16.4. The van der Waals surface area contributed by atoms with Crippen molar-refractivity contribution in [3.63, 3.8) is 0 Å². The number of furan rings is 1. The quantitative estimate of drug-likeness (QED) is 0.151. The summed E-state index contributed by atoms with van der Waals surface area (Å²) in [4.78, 5) is 5.04. The summed E-state index contributed by atoms with van der Waals surface area (Å²) in [6, 6.07) is 94.9. The van der Waals surface area contributed by atoms with E-state index in [1.165, 1.54) is 77.9 Å². The molecule has 0 N–H and O–H groups in total. The lowest BCUT2D eigenvalue weighted by Crippen LogP contribution is -2.31. The third kappa shape index (κ3) is 6.17. The zero-order chi connectivity index (χ0) is 50.9. The minimum atomic E-state index is -0.653. The standard InChI is InChI=1S/C73H54N2O/c1-71(2)60-32-14-11-30-57(60)70-64(71)36-21-38-67(70)75(66-37-18-17-35-63(66)73(47-22-6-5-7-23-47)61-33-15-9-27-53(61)54-28-10-16-34-62(54)73)49-25-20-24-48(44-49)74(50-41-43-69-58(45-50)56-29-12-19-39-68(56)76-69)51-40-42-55-52-26-8-13-31-59(52)72(3,4)65(55)46-51/h5-46H,1-4H3. The van der Waals surface area contributed by atoms with E-state index in [0.29, 0.717) is 0 Å². The van der Waals surface area contributed by atoms with Crippen molar-refractivity contribution >= 4 is 56.1 Å². The van der Waals surface area contributed by atoms with Crippen LogP contribution in [0.5, 0.6) is 0 Å². The normalized spacial score (nSPS) is 14.6. The fourth-order valence-corrected chi connectivity index (χ4v) is 13.9. The molecule has 3 aliphatic rings. The number of benzene rings is 11. The molecule has 0 atom stereocenters. The van der Waals surface area contributed by atoms with Crippen LogP contribution in [0.4, 0.5) is 34.1 Å².